The van der Waals surface area contributed by atoms with Crippen LogP contribution in [0.5, 0.6) is 0 Å². The van der Waals surface area contributed by atoms with Gasteiger partial charge in [-0.15, -0.1) is 11.6 Å². The average Bonchev–Trinajstić information content (AvgIpc) is 1.85. The quantitative estimate of drug-likeness (QED) is 0.562. The molecule has 0 radical (unpaired) electrons. The second-order valence-corrected chi connectivity index (χ2v) is 5.68. The van der Waals surface area contributed by atoms with Gasteiger partial charge in [0.05, 0.1) is 0 Å². The lowest BCUT2D eigenvalue weighted by Crippen LogP contribution is -2.22. The van der Waals surface area contributed by atoms with Crippen LogP contribution in [0.4, 0.5) is 0 Å². The van der Waals surface area contributed by atoms with Crippen LogP contribution in [0, 0.1) is 10.8 Å². The van der Waals surface area contributed by atoms with E-state index in [-0.39, 0.29) is 0 Å². The molecule has 0 nitrogen and oxygen atoms in total. The van der Waals surface area contributed by atoms with Gasteiger partial charge in [-0.05, 0) is 23.7 Å². The van der Waals surface area contributed by atoms with Crippen LogP contribution in [0.25, 0.3) is 0 Å². The number of alkyl halides is 1. The van der Waals surface area contributed by atoms with E-state index in [1.807, 2.05) is 0 Å². The summed E-state index contributed by atoms with van der Waals surface area (Å²) in [7, 11) is 0. The Bertz CT molecular complexity index is 125. The fourth-order valence-electron chi connectivity index (χ4n) is 1.76. The van der Waals surface area contributed by atoms with E-state index in [0.717, 1.165) is 12.3 Å². The van der Waals surface area contributed by atoms with Crippen LogP contribution < -0.4 is 0 Å². The first kappa shape index (κ1) is 12.3. The molecular formula is C11H23Cl. The van der Waals surface area contributed by atoms with Crippen LogP contribution in [0.1, 0.15) is 53.9 Å². The zero-order chi connectivity index (χ0) is 9.83. The van der Waals surface area contributed by atoms with Crippen molar-refractivity contribution in [2.45, 2.75) is 53.9 Å². The van der Waals surface area contributed by atoms with Crippen molar-refractivity contribution >= 4 is 11.6 Å². The van der Waals surface area contributed by atoms with E-state index in [0.29, 0.717) is 10.8 Å². The van der Waals surface area contributed by atoms with Crippen molar-refractivity contribution in [3.63, 3.8) is 0 Å². The number of hydrogen-bond acceptors (Lipinski definition) is 0. The summed E-state index contributed by atoms with van der Waals surface area (Å²) in [6, 6.07) is 0. The topological polar surface area (TPSA) is 0 Å². The summed E-state index contributed by atoms with van der Waals surface area (Å²) in [5.74, 6) is 0.785. The molecule has 0 atom stereocenters. The molecule has 0 saturated heterocycles. The molecule has 12 heavy (non-hydrogen) atoms. The third-order valence-electron chi connectivity index (χ3n) is 2.69. The molecule has 0 aromatic rings. The lowest BCUT2D eigenvalue weighted by atomic mass is 9.72. The highest BCUT2D eigenvalue weighted by Crippen LogP contribution is 2.38. The van der Waals surface area contributed by atoms with Crippen LogP contribution in [0.3, 0.4) is 0 Å². The summed E-state index contributed by atoms with van der Waals surface area (Å²) < 4.78 is 0. The molecule has 0 aromatic carbocycles. The lowest BCUT2D eigenvalue weighted by Gasteiger charge is -2.34. The number of rotatable bonds is 5. The summed E-state index contributed by atoms with van der Waals surface area (Å²) in [6.45, 7) is 11.6. The standard InChI is InChI=1S/C11H23Cl/c1-6-10(2,3)9-11(4,5)7-8-12/h6-9H2,1-5H3. The van der Waals surface area contributed by atoms with Gasteiger partial charge in [-0.25, -0.2) is 0 Å². The second kappa shape index (κ2) is 4.50. The number of halogens is 1. The maximum absolute atomic E-state index is 5.76. The Hall–Kier alpha value is 0.290. The Balaban J connectivity index is 4.04. The van der Waals surface area contributed by atoms with Crippen LogP contribution in [-0.2, 0) is 0 Å². The number of hydrogen-bond donors (Lipinski definition) is 0. The van der Waals surface area contributed by atoms with E-state index in [2.05, 4.69) is 34.6 Å². The van der Waals surface area contributed by atoms with E-state index in [9.17, 15) is 0 Å². The van der Waals surface area contributed by atoms with Crippen molar-refractivity contribution in [1.82, 2.24) is 0 Å². The van der Waals surface area contributed by atoms with Crippen molar-refractivity contribution in [3.8, 4) is 0 Å². The molecule has 0 rings (SSSR count). The van der Waals surface area contributed by atoms with Crippen LogP contribution >= 0.6 is 11.6 Å². The van der Waals surface area contributed by atoms with Crippen LogP contribution in [-0.4, -0.2) is 5.88 Å². The van der Waals surface area contributed by atoms with Gasteiger partial charge in [0.1, 0.15) is 0 Å². The van der Waals surface area contributed by atoms with Gasteiger partial charge in [0.15, 0.2) is 0 Å². The van der Waals surface area contributed by atoms with E-state index in [1.165, 1.54) is 12.8 Å². The second-order valence-electron chi connectivity index (χ2n) is 5.30. The highest BCUT2D eigenvalue weighted by Gasteiger charge is 2.26. The molecule has 0 aliphatic carbocycles. The van der Waals surface area contributed by atoms with Gasteiger partial charge in [-0.2, -0.15) is 0 Å². The Morgan fingerprint density at radius 1 is 1.00 bits per heavy atom. The highest BCUT2D eigenvalue weighted by atomic mass is 35.5. The zero-order valence-corrected chi connectivity index (χ0v) is 9.96. The molecule has 0 unspecified atom stereocenters. The van der Waals surface area contributed by atoms with Gasteiger partial charge < -0.3 is 0 Å². The first-order chi connectivity index (χ1) is 5.33. The van der Waals surface area contributed by atoms with Gasteiger partial charge in [0.25, 0.3) is 0 Å². The third-order valence-corrected chi connectivity index (χ3v) is 2.87. The smallest absolute Gasteiger partial charge is 0.0228 e. The van der Waals surface area contributed by atoms with Gasteiger partial charge in [0.2, 0.25) is 0 Å². The molecule has 0 aliphatic heterocycles. The van der Waals surface area contributed by atoms with E-state index < -0.39 is 0 Å². The molecule has 0 aromatic heterocycles. The maximum Gasteiger partial charge on any atom is 0.0228 e. The Morgan fingerprint density at radius 3 is 1.83 bits per heavy atom. The Labute approximate surface area is 82.7 Å². The summed E-state index contributed by atoms with van der Waals surface area (Å²) in [5, 5.41) is 0. The van der Waals surface area contributed by atoms with Crippen molar-refractivity contribution in [2.75, 3.05) is 5.88 Å². The van der Waals surface area contributed by atoms with Crippen molar-refractivity contribution in [1.29, 1.82) is 0 Å². The molecule has 0 aliphatic rings. The first-order valence-electron chi connectivity index (χ1n) is 4.89. The van der Waals surface area contributed by atoms with Gasteiger partial charge >= 0.3 is 0 Å². The molecule has 0 amide bonds. The molecule has 1 heteroatoms. The Kier molecular flexibility index (Phi) is 4.61. The summed E-state index contributed by atoms with van der Waals surface area (Å²) in [4.78, 5) is 0. The highest BCUT2D eigenvalue weighted by molar-refractivity contribution is 6.17. The molecule has 0 fully saturated rings. The largest absolute Gasteiger partial charge is 0.127 e. The summed E-state index contributed by atoms with van der Waals surface area (Å²) in [6.07, 6.45) is 3.64. The van der Waals surface area contributed by atoms with Crippen LogP contribution in [0.2, 0.25) is 0 Å². The van der Waals surface area contributed by atoms with Crippen molar-refractivity contribution < 1.29 is 0 Å². The zero-order valence-electron chi connectivity index (χ0n) is 9.21. The molecule has 0 saturated carbocycles. The minimum atomic E-state index is 0.404. The minimum absolute atomic E-state index is 0.404. The molecule has 0 bridgehead atoms. The van der Waals surface area contributed by atoms with Crippen molar-refractivity contribution in [3.05, 3.63) is 0 Å². The monoisotopic (exact) mass is 190 g/mol. The van der Waals surface area contributed by atoms with E-state index in [4.69, 9.17) is 11.6 Å². The SMILES string of the molecule is CCC(C)(C)CC(C)(C)CCCl. The van der Waals surface area contributed by atoms with Crippen LogP contribution in [0.15, 0.2) is 0 Å². The molecular weight excluding hydrogens is 168 g/mol. The average molecular weight is 191 g/mol. The predicted octanol–water partition coefficient (Wildman–Crippen LogP) is 4.47. The first-order valence-corrected chi connectivity index (χ1v) is 5.42. The van der Waals surface area contributed by atoms with Gasteiger partial charge in [0, 0.05) is 5.88 Å². The van der Waals surface area contributed by atoms with E-state index >= 15 is 0 Å². The minimum Gasteiger partial charge on any atom is -0.127 e. The van der Waals surface area contributed by atoms with E-state index in [1.54, 1.807) is 0 Å². The summed E-state index contributed by atoms with van der Waals surface area (Å²) in [5.41, 5.74) is 0.872. The fourth-order valence-corrected chi connectivity index (χ4v) is 2.28. The predicted molar refractivity (Wildman–Crippen MR) is 57.8 cm³/mol. The maximum atomic E-state index is 5.76. The molecule has 0 heterocycles. The Morgan fingerprint density at radius 2 is 1.50 bits per heavy atom. The van der Waals surface area contributed by atoms with Crippen molar-refractivity contribution in [2.24, 2.45) is 10.8 Å². The van der Waals surface area contributed by atoms with Gasteiger partial charge in [-0.3, -0.25) is 0 Å². The lowest BCUT2D eigenvalue weighted by molar-refractivity contribution is 0.184. The molecule has 0 spiro atoms. The fraction of sp³-hybridized carbons (Fsp3) is 1.00. The molecule has 0 N–H and O–H groups in total. The third kappa shape index (κ3) is 5.03. The normalized spacial score (nSPS) is 13.5. The molecule has 74 valence electrons. The van der Waals surface area contributed by atoms with Gasteiger partial charge in [-0.1, -0.05) is 41.0 Å². The summed E-state index contributed by atoms with van der Waals surface area (Å²) >= 11 is 5.76.